The Labute approximate surface area is 172 Å². The normalized spacial score (nSPS) is 15.7. The second-order valence-electron chi connectivity index (χ2n) is 6.90. The third-order valence-electron chi connectivity index (χ3n) is 4.91. The van der Waals surface area contributed by atoms with E-state index in [1.165, 1.54) is 0 Å². The molecule has 2 N–H and O–H groups in total. The molecule has 0 bridgehead atoms. The van der Waals surface area contributed by atoms with Gasteiger partial charge in [0.1, 0.15) is 5.58 Å². The summed E-state index contributed by atoms with van der Waals surface area (Å²) >= 11 is 0. The van der Waals surface area contributed by atoms with Gasteiger partial charge in [-0.15, -0.1) is 0 Å². The summed E-state index contributed by atoms with van der Waals surface area (Å²) in [5.41, 5.74) is 3.51. The molecule has 1 atom stereocenters. The molecule has 2 heterocycles. The zero-order valence-electron chi connectivity index (χ0n) is 15.8. The van der Waals surface area contributed by atoms with E-state index in [0.29, 0.717) is 17.0 Å². The number of furan rings is 1. The Morgan fingerprint density at radius 3 is 2.50 bits per heavy atom. The van der Waals surface area contributed by atoms with Crippen LogP contribution in [0.2, 0.25) is 0 Å². The number of fused-ring (bicyclic) bond motifs is 2. The molecule has 0 fully saturated rings. The summed E-state index contributed by atoms with van der Waals surface area (Å²) < 4.78 is 5.62. The van der Waals surface area contributed by atoms with Gasteiger partial charge in [-0.05, 0) is 18.2 Å². The maximum Gasteiger partial charge on any atom is 0.289 e. The number of aliphatic imine (C=N–C) groups is 1. The van der Waals surface area contributed by atoms with Crippen LogP contribution < -0.4 is 10.6 Å². The van der Waals surface area contributed by atoms with Crippen molar-refractivity contribution in [3.05, 3.63) is 102 Å². The number of hydrogen-bond acceptors (Lipinski definition) is 4. The number of benzene rings is 3. The Morgan fingerprint density at radius 1 is 0.933 bits per heavy atom. The van der Waals surface area contributed by atoms with Crippen LogP contribution in [-0.4, -0.2) is 23.7 Å². The molecule has 2 amide bonds. The van der Waals surface area contributed by atoms with Gasteiger partial charge in [0.15, 0.2) is 5.76 Å². The van der Waals surface area contributed by atoms with Crippen LogP contribution in [0.3, 0.4) is 0 Å². The number of para-hydroxylation sites is 2. The smallest absolute Gasteiger partial charge is 0.289 e. The first-order valence-corrected chi connectivity index (χ1v) is 9.52. The third-order valence-corrected chi connectivity index (χ3v) is 4.91. The van der Waals surface area contributed by atoms with E-state index in [1.54, 1.807) is 12.1 Å². The lowest BCUT2D eigenvalue weighted by Gasteiger charge is -2.12. The minimum Gasteiger partial charge on any atom is -0.451 e. The van der Waals surface area contributed by atoms with Crippen molar-refractivity contribution in [2.24, 2.45) is 4.99 Å². The average Bonchev–Trinajstić information content (AvgIpc) is 3.16. The monoisotopic (exact) mass is 395 g/mol. The highest BCUT2D eigenvalue weighted by atomic mass is 16.3. The first-order chi connectivity index (χ1) is 14.7. The van der Waals surface area contributed by atoms with Crippen molar-refractivity contribution >= 4 is 34.2 Å². The van der Waals surface area contributed by atoms with Crippen molar-refractivity contribution in [2.75, 3.05) is 5.32 Å². The molecule has 5 rings (SSSR count). The van der Waals surface area contributed by atoms with Gasteiger partial charge in [-0.2, -0.15) is 0 Å². The standard InChI is InChI=1S/C24H17N3O3/c28-23(20-14-16-10-4-7-13-19(16)30-20)27-22-24(29)25-18-12-6-5-11-17(18)21(26-22)15-8-2-1-3-9-15/h1-14,22H,(H,25,29)(H,27,28)/t22-/m1/s1. The lowest BCUT2D eigenvalue weighted by molar-refractivity contribution is -0.117. The molecule has 0 aliphatic carbocycles. The zero-order valence-corrected chi connectivity index (χ0v) is 15.8. The van der Waals surface area contributed by atoms with Gasteiger partial charge >= 0.3 is 0 Å². The van der Waals surface area contributed by atoms with Crippen molar-refractivity contribution in [3.8, 4) is 0 Å². The maximum absolute atomic E-state index is 12.8. The fourth-order valence-electron chi connectivity index (χ4n) is 3.47. The van der Waals surface area contributed by atoms with Crippen LogP contribution in [0, 0.1) is 0 Å². The van der Waals surface area contributed by atoms with Crippen LogP contribution >= 0.6 is 0 Å². The van der Waals surface area contributed by atoms with E-state index >= 15 is 0 Å². The number of hydrogen-bond donors (Lipinski definition) is 2. The molecule has 146 valence electrons. The lowest BCUT2D eigenvalue weighted by Crippen LogP contribution is -2.42. The van der Waals surface area contributed by atoms with Gasteiger partial charge < -0.3 is 15.1 Å². The predicted octanol–water partition coefficient (Wildman–Crippen LogP) is 3.98. The highest BCUT2D eigenvalue weighted by Crippen LogP contribution is 2.24. The second kappa shape index (κ2) is 7.33. The number of carbonyl (C=O) groups excluding carboxylic acids is 2. The molecule has 4 aromatic rings. The van der Waals surface area contributed by atoms with Crippen LogP contribution in [0.1, 0.15) is 21.7 Å². The molecule has 0 saturated carbocycles. The Morgan fingerprint density at radius 2 is 1.67 bits per heavy atom. The highest BCUT2D eigenvalue weighted by Gasteiger charge is 2.28. The summed E-state index contributed by atoms with van der Waals surface area (Å²) in [6, 6.07) is 26.0. The molecule has 0 spiro atoms. The number of anilines is 1. The van der Waals surface area contributed by atoms with E-state index < -0.39 is 18.0 Å². The van der Waals surface area contributed by atoms with Gasteiger partial charge in [0.25, 0.3) is 11.8 Å². The van der Waals surface area contributed by atoms with Gasteiger partial charge in [-0.3, -0.25) is 9.59 Å². The molecular formula is C24H17N3O3. The Balaban J connectivity index is 1.52. The molecule has 6 heteroatoms. The summed E-state index contributed by atoms with van der Waals surface area (Å²) in [6.07, 6.45) is -1.10. The van der Waals surface area contributed by atoms with Crippen LogP contribution in [0.5, 0.6) is 0 Å². The van der Waals surface area contributed by atoms with Crippen molar-refractivity contribution in [1.29, 1.82) is 0 Å². The van der Waals surface area contributed by atoms with Gasteiger partial charge in [0, 0.05) is 16.5 Å². The van der Waals surface area contributed by atoms with E-state index in [4.69, 9.17) is 4.42 Å². The molecule has 0 radical (unpaired) electrons. The number of rotatable bonds is 3. The quantitative estimate of drug-likeness (QED) is 0.550. The van der Waals surface area contributed by atoms with Crippen LogP contribution in [0.4, 0.5) is 5.69 Å². The summed E-state index contributed by atoms with van der Waals surface area (Å²) in [4.78, 5) is 30.3. The second-order valence-corrected chi connectivity index (χ2v) is 6.90. The minimum absolute atomic E-state index is 0.127. The van der Waals surface area contributed by atoms with Crippen molar-refractivity contribution in [2.45, 2.75) is 6.17 Å². The third kappa shape index (κ3) is 3.24. The maximum atomic E-state index is 12.8. The van der Waals surface area contributed by atoms with E-state index in [0.717, 1.165) is 16.5 Å². The number of nitrogens with zero attached hydrogens (tertiary/aromatic N) is 1. The summed E-state index contributed by atoms with van der Waals surface area (Å²) in [5.74, 6) is -0.798. The van der Waals surface area contributed by atoms with Crippen molar-refractivity contribution in [1.82, 2.24) is 5.32 Å². The minimum atomic E-state index is -1.10. The average molecular weight is 395 g/mol. The van der Waals surface area contributed by atoms with Crippen LogP contribution in [-0.2, 0) is 4.79 Å². The molecule has 1 aromatic heterocycles. The summed E-state index contributed by atoms with van der Waals surface area (Å²) in [6.45, 7) is 0. The number of carbonyl (C=O) groups is 2. The largest absolute Gasteiger partial charge is 0.451 e. The zero-order chi connectivity index (χ0) is 20.5. The van der Waals surface area contributed by atoms with Gasteiger partial charge in [0.05, 0.1) is 11.4 Å². The van der Waals surface area contributed by atoms with Crippen LogP contribution in [0.25, 0.3) is 11.0 Å². The SMILES string of the molecule is O=C(N[C@H]1N=C(c2ccccc2)c2ccccc2NC1=O)c1cc2ccccc2o1. The number of benzodiazepines with no additional fused rings is 1. The molecule has 30 heavy (non-hydrogen) atoms. The van der Waals surface area contributed by atoms with Gasteiger partial charge in [-0.1, -0.05) is 66.7 Å². The van der Waals surface area contributed by atoms with E-state index in [1.807, 2.05) is 72.8 Å². The summed E-state index contributed by atoms with van der Waals surface area (Å²) in [7, 11) is 0. The van der Waals surface area contributed by atoms with Gasteiger partial charge in [0.2, 0.25) is 6.17 Å². The van der Waals surface area contributed by atoms with Gasteiger partial charge in [-0.25, -0.2) is 4.99 Å². The number of nitrogens with one attached hydrogen (secondary N) is 2. The topological polar surface area (TPSA) is 83.7 Å². The van der Waals surface area contributed by atoms with Crippen molar-refractivity contribution in [3.63, 3.8) is 0 Å². The molecule has 3 aromatic carbocycles. The highest BCUT2D eigenvalue weighted by molar-refractivity contribution is 6.20. The fraction of sp³-hybridized carbons (Fsp3) is 0.0417. The Kier molecular flexibility index (Phi) is 4.37. The fourth-order valence-corrected chi connectivity index (χ4v) is 3.47. The molecule has 1 aliphatic heterocycles. The molecular weight excluding hydrogens is 378 g/mol. The molecule has 1 aliphatic rings. The molecule has 6 nitrogen and oxygen atoms in total. The molecule has 0 unspecified atom stereocenters. The van der Waals surface area contributed by atoms with Crippen LogP contribution in [0.15, 0.2) is 94.3 Å². The van der Waals surface area contributed by atoms with E-state index in [9.17, 15) is 9.59 Å². The first kappa shape index (κ1) is 17.9. The van der Waals surface area contributed by atoms with Crippen molar-refractivity contribution < 1.29 is 14.0 Å². The first-order valence-electron chi connectivity index (χ1n) is 9.52. The Bertz CT molecular complexity index is 1260. The lowest BCUT2D eigenvalue weighted by atomic mass is 10.0. The van der Waals surface area contributed by atoms with E-state index in [-0.39, 0.29) is 5.76 Å². The number of amides is 2. The molecule has 0 saturated heterocycles. The predicted molar refractivity (Wildman–Crippen MR) is 115 cm³/mol. The van der Waals surface area contributed by atoms with E-state index in [2.05, 4.69) is 15.6 Å². The summed E-state index contributed by atoms with van der Waals surface area (Å²) in [5, 5.41) is 6.36. The Hall–Kier alpha value is -4.19.